The van der Waals surface area contributed by atoms with Gasteiger partial charge in [-0.1, -0.05) is 38.1 Å². The molecule has 1 heteroatoms. The van der Waals surface area contributed by atoms with Gasteiger partial charge >= 0.3 is 0 Å². The van der Waals surface area contributed by atoms with Crippen molar-refractivity contribution in [3.8, 4) is 0 Å². The molecule has 17 heavy (non-hydrogen) atoms. The number of aryl methyl sites for hydroxylation is 2. The first-order chi connectivity index (χ1) is 8.31. The Kier molecular flexibility index (Phi) is 2.40. The van der Waals surface area contributed by atoms with E-state index in [0.717, 1.165) is 24.0 Å². The molecule has 86 valence electrons. The molecule has 0 bridgehead atoms. The van der Waals surface area contributed by atoms with Crippen LogP contribution < -0.4 is 0 Å². The van der Waals surface area contributed by atoms with Gasteiger partial charge in [-0.3, -0.25) is 0 Å². The molecule has 1 nitrogen and oxygen atoms in total. The first-order valence-corrected chi connectivity index (χ1v) is 6.26. The van der Waals surface area contributed by atoms with Crippen molar-refractivity contribution in [3.63, 3.8) is 0 Å². The molecule has 3 rings (SSSR count). The molecular weight excluding hydrogens is 208 g/mol. The lowest BCUT2D eigenvalue weighted by Crippen LogP contribution is -1.78. The van der Waals surface area contributed by atoms with Gasteiger partial charge in [-0.15, -0.1) is 0 Å². The molecule has 0 aliphatic carbocycles. The average molecular weight is 224 g/mol. The summed E-state index contributed by atoms with van der Waals surface area (Å²) in [6, 6.07) is 13.0. The molecule has 0 saturated carbocycles. The van der Waals surface area contributed by atoms with Gasteiger partial charge in [-0.05, 0) is 36.1 Å². The van der Waals surface area contributed by atoms with Gasteiger partial charge in [0.1, 0.15) is 11.2 Å². The fraction of sp³-hybridized carbons (Fsp3) is 0.250. The van der Waals surface area contributed by atoms with Gasteiger partial charge in [0, 0.05) is 10.8 Å². The molecule has 1 aromatic heterocycles. The van der Waals surface area contributed by atoms with E-state index in [1.54, 1.807) is 0 Å². The highest BCUT2D eigenvalue weighted by atomic mass is 16.3. The number of hydrogen-bond acceptors (Lipinski definition) is 1. The Balaban J connectivity index is 2.32. The maximum absolute atomic E-state index is 5.94. The van der Waals surface area contributed by atoms with Crippen molar-refractivity contribution in [3.05, 3.63) is 47.5 Å². The van der Waals surface area contributed by atoms with Crippen LogP contribution in [-0.4, -0.2) is 0 Å². The lowest BCUT2D eigenvalue weighted by molar-refractivity contribution is 0.667. The summed E-state index contributed by atoms with van der Waals surface area (Å²) in [7, 11) is 0. The smallest absolute Gasteiger partial charge is 0.135 e. The summed E-state index contributed by atoms with van der Waals surface area (Å²) in [5.74, 6) is 0. The molecule has 0 N–H and O–H groups in total. The minimum Gasteiger partial charge on any atom is -0.456 e. The van der Waals surface area contributed by atoms with Crippen molar-refractivity contribution in [2.75, 3.05) is 0 Å². The van der Waals surface area contributed by atoms with E-state index in [1.807, 2.05) is 0 Å². The molecule has 0 aliphatic heterocycles. The molecule has 0 amide bonds. The fourth-order valence-corrected chi connectivity index (χ4v) is 2.31. The van der Waals surface area contributed by atoms with E-state index in [0.29, 0.717) is 0 Å². The zero-order valence-corrected chi connectivity index (χ0v) is 10.3. The van der Waals surface area contributed by atoms with E-state index in [-0.39, 0.29) is 0 Å². The fourth-order valence-electron chi connectivity index (χ4n) is 2.31. The second-order valence-electron chi connectivity index (χ2n) is 4.47. The van der Waals surface area contributed by atoms with Crippen LogP contribution in [0.2, 0.25) is 0 Å². The van der Waals surface area contributed by atoms with Gasteiger partial charge in [0.15, 0.2) is 0 Å². The topological polar surface area (TPSA) is 13.1 Å². The van der Waals surface area contributed by atoms with Crippen LogP contribution in [0.25, 0.3) is 21.9 Å². The van der Waals surface area contributed by atoms with Gasteiger partial charge in [-0.2, -0.15) is 0 Å². The van der Waals surface area contributed by atoms with Gasteiger partial charge < -0.3 is 4.42 Å². The first kappa shape index (κ1) is 10.4. The Labute approximate surface area is 101 Å². The minimum atomic E-state index is 1.01. The van der Waals surface area contributed by atoms with Crippen molar-refractivity contribution in [1.29, 1.82) is 0 Å². The quantitative estimate of drug-likeness (QED) is 0.614. The van der Waals surface area contributed by atoms with Crippen molar-refractivity contribution in [1.82, 2.24) is 0 Å². The van der Waals surface area contributed by atoms with Crippen LogP contribution in [0.15, 0.2) is 40.8 Å². The maximum atomic E-state index is 5.94. The third kappa shape index (κ3) is 1.62. The Morgan fingerprint density at radius 1 is 0.765 bits per heavy atom. The van der Waals surface area contributed by atoms with E-state index in [4.69, 9.17) is 4.42 Å². The maximum Gasteiger partial charge on any atom is 0.135 e. The second kappa shape index (κ2) is 3.92. The molecule has 3 aromatic rings. The van der Waals surface area contributed by atoms with Crippen LogP contribution in [0.1, 0.15) is 25.0 Å². The van der Waals surface area contributed by atoms with Crippen molar-refractivity contribution in [2.45, 2.75) is 26.7 Å². The zero-order chi connectivity index (χ0) is 11.8. The van der Waals surface area contributed by atoms with Crippen LogP contribution in [0, 0.1) is 0 Å². The van der Waals surface area contributed by atoms with Crippen LogP contribution in [0.3, 0.4) is 0 Å². The summed E-state index contributed by atoms with van der Waals surface area (Å²) < 4.78 is 5.94. The monoisotopic (exact) mass is 224 g/mol. The Hall–Kier alpha value is -1.76. The first-order valence-electron chi connectivity index (χ1n) is 6.26. The number of fused-ring (bicyclic) bond motifs is 3. The second-order valence-corrected chi connectivity index (χ2v) is 4.47. The highest BCUT2D eigenvalue weighted by Crippen LogP contribution is 2.30. The van der Waals surface area contributed by atoms with Gasteiger partial charge in [0.2, 0.25) is 0 Å². The highest BCUT2D eigenvalue weighted by Gasteiger charge is 2.07. The molecule has 0 saturated heterocycles. The zero-order valence-electron chi connectivity index (χ0n) is 10.3. The summed E-state index contributed by atoms with van der Waals surface area (Å²) in [4.78, 5) is 0. The largest absolute Gasteiger partial charge is 0.456 e. The van der Waals surface area contributed by atoms with E-state index < -0.39 is 0 Å². The molecule has 0 radical (unpaired) electrons. The van der Waals surface area contributed by atoms with Gasteiger partial charge in [0.05, 0.1) is 0 Å². The third-order valence-corrected chi connectivity index (χ3v) is 3.42. The molecule has 0 fully saturated rings. The standard InChI is InChI=1S/C16H16O/c1-3-11-5-7-13-14-8-6-12(4-2)10-16(14)17-15(13)9-11/h5-10H,3-4H2,1-2H3. The molecule has 0 unspecified atom stereocenters. The van der Waals surface area contributed by atoms with E-state index >= 15 is 0 Å². The van der Waals surface area contributed by atoms with Crippen molar-refractivity contribution in [2.24, 2.45) is 0 Å². The van der Waals surface area contributed by atoms with Crippen LogP contribution in [-0.2, 0) is 12.8 Å². The van der Waals surface area contributed by atoms with E-state index in [2.05, 4.69) is 50.2 Å². The molecule has 0 aliphatic rings. The summed E-state index contributed by atoms with van der Waals surface area (Å²) in [5, 5.41) is 2.44. The Bertz CT molecular complexity index is 618. The lowest BCUT2D eigenvalue weighted by Gasteiger charge is -1.95. The molecule has 0 spiro atoms. The number of benzene rings is 2. The summed E-state index contributed by atoms with van der Waals surface area (Å²) in [6.07, 6.45) is 2.10. The summed E-state index contributed by atoms with van der Waals surface area (Å²) in [6.45, 7) is 4.33. The highest BCUT2D eigenvalue weighted by molar-refractivity contribution is 6.05. The molecular formula is C16H16O. The van der Waals surface area contributed by atoms with Crippen LogP contribution >= 0.6 is 0 Å². The van der Waals surface area contributed by atoms with Gasteiger partial charge in [0.25, 0.3) is 0 Å². The van der Waals surface area contributed by atoms with Crippen molar-refractivity contribution < 1.29 is 4.42 Å². The normalized spacial score (nSPS) is 11.4. The predicted octanol–water partition coefficient (Wildman–Crippen LogP) is 4.71. The van der Waals surface area contributed by atoms with Crippen LogP contribution in [0.5, 0.6) is 0 Å². The average Bonchev–Trinajstić information content (AvgIpc) is 2.74. The van der Waals surface area contributed by atoms with E-state index in [1.165, 1.54) is 21.9 Å². The molecule has 0 atom stereocenters. The summed E-state index contributed by atoms with van der Waals surface area (Å²) in [5.41, 5.74) is 4.67. The van der Waals surface area contributed by atoms with E-state index in [9.17, 15) is 0 Å². The third-order valence-electron chi connectivity index (χ3n) is 3.42. The minimum absolute atomic E-state index is 1.01. The van der Waals surface area contributed by atoms with Crippen LogP contribution in [0.4, 0.5) is 0 Å². The Morgan fingerprint density at radius 2 is 1.24 bits per heavy atom. The molecule has 1 heterocycles. The lowest BCUT2D eigenvalue weighted by atomic mass is 10.1. The predicted molar refractivity (Wildman–Crippen MR) is 72.5 cm³/mol. The van der Waals surface area contributed by atoms with Crippen molar-refractivity contribution >= 4 is 21.9 Å². The number of furan rings is 1. The summed E-state index contributed by atoms with van der Waals surface area (Å²) >= 11 is 0. The number of hydrogen-bond donors (Lipinski definition) is 0. The number of rotatable bonds is 2. The molecule has 2 aromatic carbocycles. The Morgan fingerprint density at radius 3 is 1.65 bits per heavy atom. The SMILES string of the molecule is CCc1ccc2c(c1)oc1cc(CC)ccc12. The van der Waals surface area contributed by atoms with Gasteiger partial charge in [-0.25, -0.2) is 0 Å².